The SMILES string of the molecule is CC(Oc1ccccc1F)C(=O)N1CCCC1CO. The van der Waals surface area contributed by atoms with E-state index in [1.165, 1.54) is 12.1 Å². The van der Waals surface area contributed by atoms with Gasteiger partial charge in [0.05, 0.1) is 12.6 Å². The van der Waals surface area contributed by atoms with Crippen molar-refractivity contribution in [2.24, 2.45) is 0 Å². The smallest absolute Gasteiger partial charge is 0.263 e. The molecule has 1 aliphatic rings. The highest BCUT2D eigenvalue weighted by Crippen LogP contribution is 2.21. The summed E-state index contributed by atoms with van der Waals surface area (Å²) in [6.07, 6.45) is 0.918. The van der Waals surface area contributed by atoms with E-state index >= 15 is 0 Å². The molecule has 0 aliphatic carbocycles. The highest BCUT2D eigenvalue weighted by atomic mass is 19.1. The average molecular weight is 267 g/mol. The molecule has 1 aromatic carbocycles. The molecule has 1 amide bonds. The summed E-state index contributed by atoms with van der Waals surface area (Å²) in [4.78, 5) is 13.8. The molecule has 4 nitrogen and oxygen atoms in total. The number of aliphatic hydroxyl groups is 1. The van der Waals surface area contributed by atoms with Crippen LogP contribution in [0.4, 0.5) is 4.39 Å². The number of ether oxygens (including phenoxy) is 1. The molecular formula is C14H18FNO3. The Morgan fingerprint density at radius 3 is 3.00 bits per heavy atom. The van der Waals surface area contributed by atoms with Gasteiger partial charge in [0.25, 0.3) is 5.91 Å². The van der Waals surface area contributed by atoms with Crippen LogP contribution in [0.1, 0.15) is 19.8 Å². The summed E-state index contributed by atoms with van der Waals surface area (Å²) in [5.74, 6) is -0.620. The molecule has 1 aliphatic heterocycles. The normalized spacial score (nSPS) is 20.4. The van der Waals surface area contributed by atoms with Gasteiger partial charge in [-0.3, -0.25) is 4.79 Å². The van der Waals surface area contributed by atoms with Crippen molar-refractivity contribution < 1.29 is 19.0 Å². The number of benzene rings is 1. The fourth-order valence-corrected chi connectivity index (χ4v) is 2.33. The third kappa shape index (κ3) is 3.04. The largest absolute Gasteiger partial charge is 0.478 e. The van der Waals surface area contributed by atoms with Gasteiger partial charge in [0, 0.05) is 6.54 Å². The van der Waals surface area contributed by atoms with Gasteiger partial charge in [-0.1, -0.05) is 12.1 Å². The summed E-state index contributed by atoms with van der Waals surface area (Å²) in [5, 5.41) is 9.21. The van der Waals surface area contributed by atoms with Crippen molar-refractivity contribution in [3.8, 4) is 5.75 Å². The first-order valence-electron chi connectivity index (χ1n) is 6.46. The summed E-state index contributed by atoms with van der Waals surface area (Å²) in [6, 6.07) is 5.86. The molecule has 1 saturated heterocycles. The molecule has 0 bridgehead atoms. The standard InChI is InChI=1S/C14H18FNO3/c1-10(19-13-7-3-2-6-12(13)15)14(18)16-8-4-5-11(16)9-17/h2-3,6-7,10-11,17H,4-5,8-9H2,1H3. The van der Waals surface area contributed by atoms with Gasteiger partial charge in [-0.05, 0) is 31.9 Å². The Hall–Kier alpha value is -1.62. The summed E-state index contributed by atoms with van der Waals surface area (Å²) in [7, 11) is 0. The van der Waals surface area contributed by atoms with Gasteiger partial charge in [0.15, 0.2) is 17.7 Å². The zero-order chi connectivity index (χ0) is 13.8. The predicted molar refractivity (Wildman–Crippen MR) is 68.3 cm³/mol. The zero-order valence-electron chi connectivity index (χ0n) is 10.9. The Morgan fingerprint density at radius 1 is 1.58 bits per heavy atom. The molecular weight excluding hydrogens is 249 g/mol. The first kappa shape index (κ1) is 13.8. The molecule has 1 N–H and O–H groups in total. The van der Waals surface area contributed by atoms with Crippen LogP contribution >= 0.6 is 0 Å². The zero-order valence-corrected chi connectivity index (χ0v) is 10.9. The number of likely N-dealkylation sites (tertiary alicyclic amines) is 1. The molecule has 2 atom stereocenters. The third-order valence-electron chi connectivity index (χ3n) is 3.36. The Morgan fingerprint density at radius 2 is 2.32 bits per heavy atom. The van der Waals surface area contributed by atoms with Crippen LogP contribution in [0.3, 0.4) is 0 Å². The molecule has 0 aromatic heterocycles. The van der Waals surface area contributed by atoms with E-state index in [0.29, 0.717) is 6.54 Å². The number of hydrogen-bond acceptors (Lipinski definition) is 3. The number of para-hydroxylation sites is 1. The predicted octanol–water partition coefficient (Wildman–Crippen LogP) is 1.58. The van der Waals surface area contributed by atoms with Crippen molar-refractivity contribution in [1.29, 1.82) is 0 Å². The summed E-state index contributed by atoms with van der Waals surface area (Å²) in [5.41, 5.74) is 0. The quantitative estimate of drug-likeness (QED) is 0.901. The van der Waals surface area contributed by atoms with Crippen molar-refractivity contribution >= 4 is 5.91 Å². The van der Waals surface area contributed by atoms with Gasteiger partial charge in [-0.25, -0.2) is 4.39 Å². The van der Waals surface area contributed by atoms with E-state index in [0.717, 1.165) is 12.8 Å². The molecule has 1 aromatic rings. The van der Waals surface area contributed by atoms with E-state index in [1.54, 1.807) is 24.0 Å². The van der Waals surface area contributed by atoms with Crippen molar-refractivity contribution in [1.82, 2.24) is 4.90 Å². The fraction of sp³-hybridized carbons (Fsp3) is 0.500. The number of carbonyl (C=O) groups is 1. The maximum Gasteiger partial charge on any atom is 0.263 e. The topological polar surface area (TPSA) is 49.8 Å². The molecule has 0 saturated carbocycles. The van der Waals surface area contributed by atoms with E-state index in [4.69, 9.17) is 4.74 Å². The molecule has 1 fully saturated rings. The van der Waals surface area contributed by atoms with Crippen LogP contribution in [-0.4, -0.2) is 41.2 Å². The lowest BCUT2D eigenvalue weighted by Gasteiger charge is -2.26. The van der Waals surface area contributed by atoms with Crippen molar-refractivity contribution in [3.63, 3.8) is 0 Å². The monoisotopic (exact) mass is 267 g/mol. The fourth-order valence-electron chi connectivity index (χ4n) is 2.33. The van der Waals surface area contributed by atoms with E-state index in [2.05, 4.69) is 0 Å². The molecule has 1 heterocycles. The van der Waals surface area contributed by atoms with Gasteiger partial charge < -0.3 is 14.7 Å². The molecule has 0 radical (unpaired) electrons. The first-order valence-corrected chi connectivity index (χ1v) is 6.46. The summed E-state index contributed by atoms with van der Waals surface area (Å²) >= 11 is 0. The van der Waals surface area contributed by atoms with Gasteiger partial charge >= 0.3 is 0 Å². The minimum atomic E-state index is -0.760. The maximum atomic E-state index is 13.4. The number of hydrogen-bond donors (Lipinski definition) is 1. The number of nitrogens with zero attached hydrogens (tertiary/aromatic N) is 1. The Balaban J connectivity index is 2.02. The lowest BCUT2D eigenvalue weighted by atomic mass is 10.2. The maximum absolute atomic E-state index is 13.4. The third-order valence-corrected chi connectivity index (χ3v) is 3.36. The second-order valence-corrected chi connectivity index (χ2v) is 4.70. The van der Waals surface area contributed by atoms with Crippen LogP contribution in [0.5, 0.6) is 5.75 Å². The van der Waals surface area contributed by atoms with Crippen LogP contribution in [0.2, 0.25) is 0 Å². The average Bonchev–Trinajstić information content (AvgIpc) is 2.88. The van der Waals surface area contributed by atoms with Crippen LogP contribution in [0.15, 0.2) is 24.3 Å². The van der Waals surface area contributed by atoms with E-state index in [-0.39, 0.29) is 24.3 Å². The Kier molecular flexibility index (Phi) is 4.37. The number of aliphatic hydroxyl groups excluding tert-OH is 1. The minimum Gasteiger partial charge on any atom is -0.478 e. The number of rotatable bonds is 4. The van der Waals surface area contributed by atoms with Crippen LogP contribution in [0.25, 0.3) is 0 Å². The lowest BCUT2D eigenvalue weighted by molar-refractivity contribution is -0.139. The summed E-state index contributed by atoms with van der Waals surface area (Å²) < 4.78 is 18.8. The highest BCUT2D eigenvalue weighted by molar-refractivity contribution is 5.81. The molecule has 5 heteroatoms. The van der Waals surface area contributed by atoms with Gasteiger partial charge in [0.2, 0.25) is 0 Å². The van der Waals surface area contributed by atoms with Crippen LogP contribution in [-0.2, 0) is 4.79 Å². The molecule has 2 unspecified atom stereocenters. The second-order valence-electron chi connectivity index (χ2n) is 4.70. The van der Waals surface area contributed by atoms with Gasteiger partial charge in [0.1, 0.15) is 0 Å². The molecule has 2 rings (SSSR count). The van der Waals surface area contributed by atoms with Gasteiger partial charge in [-0.2, -0.15) is 0 Å². The number of amides is 1. The molecule has 19 heavy (non-hydrogen) atoms. The second kappa shape index (κ2) is 6.02. The number of halogens is 1. The van der Waals surface area contributed by atoms with Gasteiger partial charge in [-0.15, -0.1) is 0 Å². The van der Waals surface area contributed by atoms with E-state index in [9.17, 15) is 14.3 Å². The molecule has 104 valence electrons. The van der Waals surface area contributed by atoms with E-state index < -0.39 is 11.9 Å². The van der Waals surface area contributed by atoms with Crippen molar-refractivity contribution in [2.45, 2.75) is 31.9 Å². The number of carbonyl (C=O) groups excluding carboxylic acids is 1. The molecule has 0 spiro atoms. The van der Waals surface area contributed by atoms with Crippen molar-refractivity contribution in [2.75, 3.05) is 13.2 Å². The van der Waals surface area contributed by atoms with E-state index in [1.807, 2.05) is 0 Å². The first-order chi connectivity index (χ1) is 9.13. The summed E-state index contributed by atoms with van der Waals surface area (Å²) in [6.45, 7) is 2.18. The van der Waals surface area contributed by atoms with Crippen molar-refractivity contribution in [3.05, 3.63) is 30.1 Å². The minimum absolute atomic E-state index is 0.0435. The van der Waals surface area contributed by atoms with Crippen LogP contribution in [0, 0.1) is 5.82 Å². The lowest BCUT2D eigenvalue weighted by Crippen LogP contribution is -2.44. The highest BCUT2D eigenvalue weighted by Gasteiger charge is 2.31. The Labute approximate surface area is 111 Å². The Bertz CT molecular complexity index is 452. The van der Waals surface area contributed by atoms with Crippen LogP contribution < -0.4 is 4.74 Å².